The zero-order chi connectivity index (χ0) is 16.9. The Morgan fingerprint density at radius 2 is 2.18 bits per heavy atom. The van der Waals surface area contributed by atoms with Crippen molar-refractivity contribution < 1.29 is 17.6 Å². The first kappa shape index (κ1) is 18.4. The minimum Gasteiger partial charge on any atom is -0.396 e. The maximum atomic E-state index is 13.2. The zero-order valence-electron chi connectivity index (χ0n) is 12.0. The van der Waals surface area contributed by atoms with Crippen LogP contribution in [-0.2, 0) is 10.2 Å². The summed E-state index contributed by atoms with van der Waals surface area (Å²) in [5.41, 5.74) is 4.83. The molecule has 1 amide bonds. The predicted molar refractivity (Wildman–Crippen MR) is 84.3 cm³/mol. The van der Waals surface area contributed by atoms with E-state index in [9.17, 15) is 17.6 Å². The van der Waals surface area contributed by atoms with Gasteiger partial charge in [0.15, 0.2) is 0 Å². The van der Waals surface area contributed by atoms with E-state index in [2.05, 4.69) is 6.58 Å². The number of hydrogen-bond acceptors (Lipinski definition) is 4. The lowest BCUT2D eigenvalue weighted by Crippen LogP contribution is -2.44. The SMILES string of the molecule is C=CCN(CCC)S(=O)(=O)NC(=O)c1cc(N)c(F)cc1Cl. The lowest BCUT2D eigenvalue weighted by atomic mass is 10.2. The fraction of sp³-hybridized carbons (Fsp3) is 0.308. The summed E-state index contributed by atoms with van der Waals surface area (Å²) in [4.78, 5) is 12.1. The number of hydrogen-bond donors (Lipinski definition) is 2. The van der Waals surface area contributed by atoms with Crippen molar-refractivity contribution in [2.45, 2.75) is 13.3 Å². The first-order valence-corrected chi connectivity index (χ1v) is 8.22. The normalized spacial score (nSPS) is 11.5. The summed E-state index contributed by atoms with van der Waals surface area (Å²) in [5.74, 6) is -1.77. The number of benzene rings is 1. The first-order chi connectivity index (χ1) is 10.2. The van der Waals surface area contributed by atoms with Crippen LogP contribution in [0.25, 0.3) is 0 Å². The van der Waals surface area contributed by atoms with E-state index >= 15 is 0 Å². The van der Waals surface area contributed by atoms with Crippen LogP contribution in [0.15, 0.2) is 24.8 Å². The number of nitrogens with two attached hydrogens (primary N) is 1. The number of nitrogens with one attached hydrogen (secondary N) is 1. The van der Waals surface area contributed by atoms with E-state index in [0.29, 0.717) is 6.42 Å². The molecule has 1 aromatic rings. The Labute approximate surface area is 133 Å². The average molecular weight is 350 g/mol. The Balaban J connectivity index is 3.04. The van der Waals surface area contributed by atoms with Crippen LogP contribution in [-0.4, -0.2) is 31.7 Å². The van der Waals surface area contributed by atoms with Gasteiger partial charge in [-0.2, -0.15) is 12.7 Å². The van der Waals surface area contributed by atoms with Crippen LogP contribution in [0.1, 0.15) is 23.7 Å². The Bertz CT molecular complexity index is 679. The van der Waals surface area contributed by atoms with Gasteiger partial charge in [-0.3, -0.25) is 4.79 Å². The summed E-state index contributed by atoms with van der Waals surface area (Å²) in [6, 6.07) is 1.84. The van der Waals surface area contributed by atoms with Gasteiger partial charge >= 0.3 is 10.2 Å². The summed E-state index contributed by atoms with van der Waals surface area (Å²) < 4.78 is 40.5. The van der Waals surface area contributed by atoms with Gasteiger partial charge in [0.1, 0.15) is 5.82 Å². The molecule has 0 aliphatic rings. The number of amides is 1. The molecule has 0 aromatic heterocycles. The third kappa shape index (κ3) is 4.43. The van der Waals surface area contributed by atoms with E-state index in [1.54, 1.807) is 6.92 Å². The molecule has 0 spiro atoms. The monoisotopic (exact) mass is 349 g/mol. The second-order valence-corrected chi connectivity index (χ2v) is 6.51. The number of halogens is 2. The van der Waals surface area contributed by atoms with Gasteiger partial charge in [0.25, 0.3) is 5.91 Å². The highest BCUT2D eigenvalue weighted by Crippen LogP contribution is 2.22. The number of nitrogen functional groups attached to an aromatic ring is 1. The van der Waals surface area contributed by atoms with Gasteiger partial charge in [-0.1, -0.05) is 24.6 Å². The van der Waals surface area contributed by atoms with Crippen LogP contribution in [0, 0.1) is 5.82 Å². The van der Waals surface area contributed by atoms with Gasteiger partial charge in [-0.05, 0) is 18.6 Å². The van der Waals surface area contributed by atoms with Crippen LogP contribution in [0.3, 0.4) is 0 Å². The topological polar surface area (TPSA) is 92.5 Å². The molecule has 9 heteroatoms. The smallest absolute Gasteiger partial charge is 0.304 e. The molecule has 0 heterocycles. The van der Waals surface area contributed by atoms with Crippen LogP contribution in [0.2, 0.25) is 5.02 Å². The molecular formula is C13H17ClFN3O3S. The quantitative estimate of drug-likeness (QED) is 0.581. The number of rotatable bonds is 7. The molecule has 0 radical (unpaired) electrons. The van der Waals surface area contributed by atoms with Gasteiger partial charge in [0, 0.05) is 13.1 Å². The molecule has 1 aromatic carbocycles. The van der Waals surface area contributed by atoms with Crippen molar-refractivity contribution in [1.82, 2.24) is 9.03 Å². The maximum absolute atomic E-state index is 13.2. The molecule has 0 unspecified atom stereocenters. The molecule has 0 saturated heterocycles. The Morgan fingerprint density at radius 1 is 1.55 bits per heavy atom. The highest BCUT2D eigenvalue weighted by Gasteiger charge is 2.24. The average Bonchev–Trinajstić information content (AvgIpc) is 2.42. The predicted octanol–water partition coefficient (Wildman–Crippen LogP) is 1.93. The Kier molecular flexibility index (Phi) is 6.34. The highest BCUT2D eigenvalue weighted by molar-refractivity contribution is 7.87. The molecule has 0 saturated carbocycles. The lowest BCUT2D eigenvalue weighted by Gasteiger charge is -2.20. The molecule has 3 N–H and O–H groups in total. The third-order valence-corrected chi connectivity index (χ3v) is 4.47. The van der Waals surface area contributed by atoms with Crippen molar-refractivity contribution in [1.29, 1.82) is 0 Å². The summed E-state index contributed by atoms with van der Waals surface area (Å²) in [7, 11) is -4.06. The zero-order valence-corrected chi connectivity index (χ0v) is 13.5. The van der Waals surface area contributed by atoms with Crippen molar-refractivity contribution >= 4 is 33.4 Å². The number of carbonyl (C=O) groups excluding carboxylic acids is 1. The minimum atomic E-state index is -4.06. The van der Waals surface area contributed by atoms with Crippen LogP contribution >= 0.6 is 11.6 Å². The number of nitrogens with zero attached hydrogens (tertiary/aromatic N) is 1. The highest BCUT2D eigenvalue weighted by atomic mass is 35.5. The van der Waals surface area contributed by atoms with Crippen molar-refractivity contribution in [3.05, 3.63) is 41.2 Å². The fourth-order valence-corrected chi connectivity index (χ4v) is 3.11. The van der Waals surface area contributed by atoms with Gasteiger partial charge in [0.05, 0.1) is 16.3 Å². The number of carbonyl (C=O) groups is 1. The molecule has 0 aliphatic carbocycles. The van der Waals surface area contributed by atoms with Crippen LogP contribution in [0.5, 0.6) is 0 Å². The van der Waals surface area contributed by atoms with Gasteiger partial charge in [-0.15, -0.1) is 6.58 Å². The lowest BCUT2D eigenvalue weighted by molar-refractivity contribution is 0.0979. The van der Waals surface area contributed by atoms with Crippen molar-refractivity contribution in [2.75, 3.05) is 18.8 Å². The Hall–Kier alpha value is -1.64. The molecule has 0 fully saturated rings. The molecule has 6 nitrogen and oxygen atoms in total. The van der Waals surface area contributed by atoms with Crippen molar-refractivity contribution in [3.8, 4) is 0 Å². The fourth-order valence-electron chi connectivity index (χ4n) is 1.68. The minimum absolute atomic E-state index is 0.0513. The Morgan fingerprint density at radius 3 is 2.73 bits per heavy atom. The second-order valence-electron chi connectivity index (χ2n) is 4.44. The molecule has 122 valence electrons. The van der Waals surface area contributed by atoms with E-state index in [1.807, 2.05) is 4.72 Å². The van der Waals surface area contributed by atoms with E-state index in [-0.39, 0.29) is 29.4 Å². The van der Waals surface area contributed by atoms with E-state index in [0.717, 1.165) is 16.4 Å². The second kappa shape index (κ2) is 7.57. The standard InChI is InChI=1S/C13H17ClFN3O3S/c1-3-5-18(6-4-2)22(20,21)17-13(19)9-7-12(16)11(15)8-10(9)14/h3,7-8H,1,4-6,16H2,2H3,(H,17,19). The molecule has 0 aliphatic heterocycles. The number of anilines is 1. The molecule has 1 rings (SSSR count). The maximum Gasteiger partial charge on any atom is 0.304 e. The van der Waals surface area contributed by atoms with E-state index in [1.165, 1.54) is 6.08 Å². The summed E-state index contributed by atoms with van der Waals surface area (Å²) >= 11 is 5.75. The summed E-state index contributed by atoms with van der Waals surface area (Å²) in [6.07, 6.45) is 1.97. The van der Waals surface area contributed by atoms with Crippen molar-refractivity contribution in [2.24, 2.45) is 0 Å². The summed E-state index contributed by atoms with van der Waals surface area (Å²) in [6.45, 7) is 5.53. The third-order valence-electron chi connectivity index (χ3n) is 2.70. The molecule has 0 atom stereocenters. The van der Waals surface area contributed by atoms with Crippen LogP contribution in [0.4, 0.5) is 10.1 Å². The van der Waals surface area contributed by atoms with Gasteiger partial charge in [0.2, 0.25) is 0 Å². The van der Waals surface area contributed by atoms with Crippen molar-refractivity contribution in [3.63, 3.8) is 0 Å². The first-order valence-electron chi connectivity index (χ1n) is 6.40. The van der Waals surface area contributed by atoms with E-state index in [4.69, 9.17) is 17.3 Å². The summed E-state index contributed by atoms with van der Waals surface area (Å²) in [5, 5.41) is -0.231. The van der Waals surface area contributed by atoms with Gasteiger partial charge in [-0.25, -0.2) is 9.11 Å². The molecular weight excluding hydrogens is 333 g/mol. The van der Waals surface area contributed by atoms with Crippen LogP contribution < -0.4 is 10.5 Å². The van der Waals surface area contributed by atoms with Gasteiger partial charge < -0.3 is 5.73 Å². The molecule has 0 bridgehead atoms. The largest absolute Gasteiger partial charge is 0.396 e. The van der Waals surface area contributed by atoms with E-state index < -0.39 is 21.9 Å². The molecule has 22 heavy (non-hydrogen) atoms.